The summed E-state index contributed by atoms with van der Waals surface area (Å²) in [4.78, 5) is 41.6. The SMILES string of the molecule is C[C@@H](Nc1nccc(-c2cccc(-c3cc([C@@H]4CCN(C)C4=O)on3)n2)n1)C(=O)N1CCC1. The number of carbonyl (C=O) groups is 2. The summed E-state index contributed by atoms with van der Waals surface area (Å²) in [6.07, 6.45) is 3.40. The molecule has 1 N–H and O–H groups in total. The van der Waals surface area contributed by atoms with Crippen LogP contribution in [0.2, 0.25) is 0 Å². The number of hydrogen-bond acceptors (Lipinski definition) is 8. The Morgan fingerprint density at radius 2 is 1.88 bits per heavy atom. The molecule has 3 aromatic rings. The van der Waals surface area contributed by atoms with Crippen molar-refractivity contribution in [1.82, 2.24) is 29.9 Å². The van der Waals surface area contributed by atoms with Gasteiger partial charge in [0.1, 0.15) is 23.4 Å². The molecule has 3 aromatic heterocycles. The zero-order valence-electron chi connectivity index (χ0n) is 18.6. The van der Waals surface area contributed by atoms with Gasteiger partial charge in [-0.05, 0) is 38.0 Å². The third-order valence-electron chi connectivity index (χ3n) is 6.11. The van der Waals surface area contributed by atoms with E-state index in [-0.39, 0.29) is 17.7 Å². The molecule has 0 aromatic carbocycles. The standard InChI is InChI=1S/C23H25N7O3/c1-14(21(31)30-10-4-11-30)25-23-24-9-7-18(27-23)16-5-3-6-17(26-16)19-13-20(33-28-19)15-8-12-29(2)22(15)32/h3,5-7,9,13-15H,4,8,10-12H2,1-2H3,(H,24,25,27)/t14-,15+/m1/s1. The fraction of sp³-hybridized carbons (Fsp3) is 0.391. The van der Waals surface area contributed by atoms with E-state index in [0.717, 1.165) is 19.5 Å². The second-order valence-electron chi connectivity index (χ2n) is 8.43. The van der Waals surface area contributed by atoms with Crippen LogP contribution in [0.1, 0.15) is 31.4 Å². The van der Waals surface area contributed by atoms with E-state index in [9.17, 15) is 9.59 Å². The first-order chi connectivity index (χ1) is 16.0. The molecule has 33 heavy (non-hydrogen) atoms. The molecule has 5 heterocycles. The summed E-state index contributed by atoms with van der Waals surface area (Å²) >= 11 is 0. The number of hydrogen-bond donors (Lipinski definition) is 1. The number of rotatable bonds is 6. The van der Waals surface area contributed by atoms with Gasteiger partial charge in [-0.2, -0.15) is 0 Å². The molecule has 0 saturated carbocycles. The number of pyridine rings is 1. The molecule has 0 unspecified atom stereocenters. The number of aromatic nitrogens is 4. The van der Waals surface area contributed by atoms with Crippen molar-refractivity contribution in [2.24, 2.45) is 0 Å². The third-order valence-corrected chi connectivity index (χ3v) is 6.11. The number of amides is 2. The molecule has 2 saturated heterocycles. The summed E-state index contributed by atoms with van der Waals surface area (Å²) in [6, 6.07) is 8.68. The Morgan fingerprint density at radius 1 is 1.12 bits per heavy atom. The Morgan fingerprint density at radius 3 is 2.58 bits per heavy atom. The minimum Gasteiger partial charge on any atom is -0.360 e. The van der Waals surface area contributed by atoms with E-state index in [4.69, 9.17) is 4.52 Å². The number of nitrogens with zero attached hydrogens (tertiary/aromatic N) is 6. The van der Waals surface area contributed by atoms with Crippen molar-refractivity contribution in [1.29, 1.82) is 0 Å². The highest BCUT2D eigenvalue weighted by molar-refractivity contribution is 5.85. The summed E-state index contributed by atoms with van der Waals surface area (Å²) in [5.41, 5.74) is 2.45. The van der Waals surface area contributed by atoms with Gasteiger partial charge < -0.3 is 19.6 Å². The van der Waals surface area contributed by atoms with Crippen molar-refractivity contribution in [3.8, 4) is 22.8 Å². The average molecular weight is 447 g/mol. The Bertz CT molecular complexity index is 1190. The van der Waals surface area contributed by atoms with Gasteiger partial charge in [-0.15, -0.1) is 0 Å². The van der Waals surface area contributed by atoms with Gasteiger partial charge in [0.2, 0.25) is 17.8 Å². The van der Waals surface area contributed by atoms with Crippen LogP contribution in [0.25, 0.3) is 22.8 Å². The molecule has 2 aliphatic rings. The minimum absolute atomic E-state index is 0.0437. The second-order valence-corrected chi connectivity index (χ2v) is 8.43. The van der Waals surface area contributed by atoms with Crippen LogP contribution in [0.4, 0.5) is 5.95 Å². The largest absolute Gasteiger partial charge is 0.360 e. The minimum atomic E-state index is -0.411. The zero-order valence-corrected chi connectivity index (χ0v) is 18.6. The fourth-order valence-corrected chi connectivity index (χ4v) is 4.02. The van der Waals surface area contributed by atoms with Crippen LogP contribution in [0.5, 0.6) is 0 Å². The predicted molar refractivity (Wildman–Crippen MR) is 120 cm³/mol. The normalized spacial score (nSPS) is 18.8. The van der Waals surface area contributed by atoms with Crippen molar-refractivity contribution in [2.45, 2.75) is 31.7 Å². The van der Waals surface area contributed by atoms with Crippen LogP contribution in [0, 0.1) is 0 Å². The predicted octanol–water partition coefficient (Wildman–Crippen LogP) is 2.17. The molecule has 170 valence electrons. The van der Waals surface area contributed by atoms with Crippen LogP contribution >= 0.6 is 0 Å². The Hall–Kier alpha value is -3.82. The van der Waals surface area contributed by atoms with Crippen LogP contribution in [0.3, 0.4) is 0 Å². The van der Waals surface area contributed by atoms with E-state index < -0.39 is 6.04 Å². The van der Waals surface area contributed by atoms with Crippen molar-refractivity contribution in [2.75, 3.05) is 32.0 Å². The van der Waals surface area contributed by atoms with Crippen molar-refractivity contribution < 1.29 is 14.1 Å². The average Bonchev–Trinajstić information content (AvgIpc) is 3.40. The number of likely N-dealkylation sites (N-methyl/N-ethyl adjacent to an activating group) is 1. The highest BCUT2D eigenvalue weighted by Crippen LogP contribution is 2.30. The molecular formula is C23H25N7O3. The monoisotopic (exact) mass is 447 g/mol. The smallest absolute Gasteiger partial charge is 0.244 e. The number of nitrogens with one attached hydrogen (secondary N) is 1. The molecule has 0 bridgehead atoms. The lowest BCUT2D eigenvalue weighted by Gasteiger charge is -2.33. The van der Waals surface area contributed by atoms with Gasteiger partial charge in [-0.3, -0.25) is 9.59 Å². The van der Waals surface area contributed by atoms with E-state index in [1.807, 2.05) is 30.0 Å². The topological polar surface area (TPSA) is 117 Å². The van der Waals surface area contributed by atoms with Gasteiger partial charge in [0, 0.05) is 38.9 Å². The lowest BCUT2D eigenvalue weighted by Crippen LogP contribution is -2.48. The first kappa shape index (κ1) is 21.0. The third kappa shape index (κ3) is 4.15. The maximum atomic E-state index is 12.4. The van der Waals surface area contributed by atoms with Crippen LogP contribution in [-0.2, 0) is 9.59 Å². The van der Waals surface area contributed by atoms with E-state index in [2.05, 4.69) is 25.4 Å². The Kier molecular flexibility index (Phi) is 5.49. The van der Waals surface area contributed by atoms with E-state index in [0.29, 0.717) is 47.4 Å². The fourth-order valence-electron chi connectivity index (χ4n) is 4.02. The number of carbonyl (C=O) groups excluding carboxylic acids is 2. The summed E-state index contributed by atoms with van der Waals surface area (Å²) in [6.45, 7) is 4.12. The van der Waals surface area contributed by atoms with E-state index >= 15 is 0 Å². The van der Waals surface area contributed by atoms with E-state index in [1.165, 1.54) is 0 Å². The number of anilines is 1. The molecule has 10 nitrogen and oxygen atoms in total. The first-order valence-corrected chi connectivity index (χ1v) is 11.1. The van der Waals surface area contributed by atoms with Crippen molar-refractivity contribution >= 4 is 17.8 Å². The van der Waals surface area contributed by atoms with Gasteiger partial charge >= 0.3 is 0 Å². The molecule has 2 fully saturated rings. The van der Waals surface area contributed by atoms with E-state index in [1.54, 1.807) is 30.3 Å². The Balaban J connectivity index is 1.34. The van der Waals surface area contributed by atoms with Crippen molar-refractivity contribution in [3.05, 3.63) is 42.3 Å². The molecular weight excluding hydrogens is 422 g/mol. The highest BCUT2D eigenvalue weighted by atomic mass is 16.5. The molecule has 2 aliphatic heterocycles. The molecule has 2 amide bonds. The molecule has 0 radical (unpaired) electrons. The quantitative estimate of drug-likeness (QED) is 0.611. The zero-order chi connectivity index (χ0) is 22.9. The maximum absolute atomic E-state index is 12.4. The van der Waals surface area contributed by atoms with Gasteiger partial charge in [0.05, 0.1) is 17.1 Å². The molecule has 2 atom stereocenters. The van der Waals surface area contributed by atoms with Gasteiger partial charge in [-0.1, -0.05) is 11.2 Å². The van der Waals surface area contributed by atoms with Crippen LogP contribution in [-0.4, -0.2) is 74.4 Å². The molecule has 0 spiro atoms. The second kappa shape index (κ2) is 8.61. The number of likely N-dealkylation sites (tertiary alicyclic amines) is 2. The molecule has 0 aliphatic carbocycles. The Labute approximate surface area is 191 Å². The highest BCUT2D eigenvalue weighted by Gasteiger charge is 2.33. The summed E-state index contributed by atoms with van der Waals surface area (Å²) in [7, 11) is 1.79. The maximum Gasteiger partial charge on any atom is 0.244 e. The first-order valence-electron chi connectivity index (χ1n) is 11.1. The lowest BCUT2D eigenvalue weighted by atomic mass is 10.0. The van der Waals surface area contributed by atoms with Gasteiger partial charge in [0.15, 0.2) is 0 Å². The lowest BCUT2D eigenvalue weighted by molar-refractivity contribution is -0.135. The summed E-state index contributed by atoms with van der Waals surface area (Å²) < 4.78 is 5.48. The van der Waals surface area contributed by atoms with Gasteiger partial charge in [-0.25, -0.2) is 15.0 Å². The van der Waals surface area contributed by atoms with Crippen LogP contribution < -0.4 is 5.32 Å². The van der Waals surface area contributed by atoms with Gasteiger partial charge in [0.25, 0.3) is 0 Å². The summed E-state index contributed by atoms with van der Waals surface area (Å²) in [5, 5.41) is 7.22. The summed E-state index contributed by atoms with van der Waals surface area (Å²) in [5.74, 6) is 0.719. The molecule has 5 rings (SSSR count). The van der Waals surface area contributed by atoms with Crippen molar-refractivity contribution in [3.63, 3.8) is 0 Å². The molecule has 10 heteroatoms. The van der Waals surface area contributed by atoms with Crippen LogP contribution in [0.15, 0.2) is 41.1 Å².